The Balaban J connectivity index is 3.19. The van der Waals surface area contributed by atoms with E-state index in [0.29, 0.717) is 10.0 Å². The number of nitrogen functional groups attached to an aromatic ring is 1. The minimum Gasteiger partial charge on any atom is -0.388 e. The van der Waals surface area contributed by atoms with Crippen molar-refractivity contribution in [1.29, 1.82) is 0 Å². The van der Waals surface area contributed by atoms with Crippen LogP contribution in [0.1, 0.15) is 0 Å². The molecule has 0 aromatic carbocycles. The van der Waals surface area contributed by atoms with Crippen molar-refractivity contribution < 1.29 is 0 Å². The van der Waals surface area contributed by atoms with Crippen molar-refractivity contribution in [3.8, 4) is 0 Å². The van der Waals surface area contributed by atoms with E-state index in [-0.39, 0.29) is 5.15 Å². The van der Waals surface area contributed by atoms with Gasteiger partial charge in [-0.3, -0.25) is 0 Å². The Morgan fingerprint density at radius 3 is 2.25 bits per heavy atom. The Kier molecular flexibility index (Phi) is 1.60. The van der Waals surface area contributed by atoms with Crippen molar-refractivity contribution >= 4 is 39.7 Å². The highest BCUT2D eigenvalue weighted by molar-refractivity contribution is 7.11. The quantitative estimate of drug-likeness (QED) is 0.645. The van der Waals surface area contributed by atoms with Gasteiger partial charge in [0, 0.05) is 0 Å². The molecule has 0 radical (unpaired) electrons. The van der Waals surface area contributed by atoms with Gasteiger partial charge in [0.2, 0.25) is 0 Å². The number of hydrogen-bond donors (Lipinski definition) is 1. The number of halogens is 2. The molecule has 8 heavy (non-hydrogen) atoms. The number of nitrogens with zero attached hydrogens (tertiary/aromatic N) is 1. The van der Waals surface area contributed by atoms with Gasteiger partial charge in [-0.15, -0.1) is 0 Å². The number of rotatable bonds is 0. The van der Waals surface area contributed by atoms with Crippen LogP contribution in [0.3, 0.4) is 0 Å². The number of anilines is 1. The van der Waals surface area contributed by atoms with Gasteiger partial charge in [0.25, 0.3) is 0 Å². The highest BCUT2D eigenvalue weighted by Gasteiger charge is 2.03. The summed E-state index contributed by atoms with van der Waals surface area (Å²) < 4.78 is 3.67. The van der Waals surface area contributed by atoms with Gasteiger partial charge >= 0.3 is 0 Å². The zero-order valence-corrected chi connectivity index (χ0v) is 6.02. The maximum atomic E-state index is 5.48. The summed E-state index contributed by atoms with van der Waals surface area (Å²) in [6, 6.07) is 0. The predicted octanol–water partition coefficient (Wildman–Crippen LogP) is 2.03. The lowest BCUT2D eigenvalue weighted by Gasteiger charge is -1.79. The number of aromatic nitrogens is 1. The second kappa shape index (κ2) is 2.09. The lowest BCUT2D eigenvalue weighted by molar-refractivity contribution is 1.58. The minimum atomic E-state index is 0.286. The maximum Gasteiger partial charge on any atom is 0.163 e. The minimum absolute atomic E-state index is 0.286. The molecule has 2 N–H and O–H groups in total. The summed E-state index contributed by atoms with van der Waals surface area (Å²) in [6.07, 6.45) is 0. The summed E-state index contributed by atoms with van der Waals surface area (Å²) in [7, 11) is 0. The van der Waals surface area contributed by atoms with Gasteiger partial charge in [-0.1, -0.05) is 23.2 Å². The van der Waals surface area contributed by atoms with Crippen LogP contribution in [-0.2, 0) is 0 Å². The van der Waals surface area contributed by atoms with Gasteiger partial charge in [-0.2, -0.15) is 4.37 Å². The molecule has 0 aliphatic rings. The fourth-order valence-electron chi connectivity index (χ4n) is 0.271. The van der Waals surface area contributed by atoms with Crippen LogP contribution in [0.5, 0.6) is 0 Å². The Morgan fingerprint density at radius 1 is 1.50 bits per heavy atom. The molecule has 0 unspecified atom stereocenters. The smallest absolute Gasteiger partial charge is 0.163 e. The average molecular weight is 169 g/mol. The summed E-state index contributed by atoms with van der Waals surface area (Å²) in [5, 5.41) is 1.11. The molecule has 0 bridgehead atoms. The van der Waals surface area contributed by atoms with Gasteiger partial charge in [-0.05, 0) is 11.5 Å². The van der Waals surface area contributed by atoms with Crippen LogP contribution in [0.15, 0.2) is 0 Å². The first-order chi connectivity index (χ1) is 3.72. The molecule has 0 saturated carbocycles. The molecule has 0 amide bonds. The number of hydrogen-bond acceptors (Lipinski definition) is 3. The molecule has 0 atom stereocenters. The first kappa shape index (κ1) is 6.13. The number of nitrogens with two attached hydrogens (primary N) is 1. The van der Waals surface area contributed by atoms with Crippen LogP contribution in [-0.4, -0.2) is 4.37 Å². The van der Waals surface area contributed by atoms with Gasteiger partial charge in [0.05, 0.1) is 0 Å². The monoisotopic (exact) mass is 168 g/mol. The van der Waals surface area contributed by atoms with Crippen LogP contribution in [0.4, 0.5) is 5.00 Å². The third-order valence-corrected chi connectivity index (χ3v) is 2.26. The van der Waals surface area contributed by atoms with E-state index in [0.717, 1.165) is 11.5 Å². The van der Waals surface area contributed by atoms with E-state index in [9.17, 15) is 0 Å². The van der Waals surface area contributed by atoms with Crippen molar-refractivity contribution in [3.05, 3.63) is 10.2 Å². The van der Waals surface area contributed by atoms with Crippen molar-refractivity contribution in [2.75, 3.05) is 5.73 Å². The lowest BCUT2D eigenvalue weighted by Crippen LogP contribution is -1.76. The molecule has 0 saturated heterocycles. The Hall–Kier alpha value is 0.01000. The molecule has 1 heterocycles. The fraction of sp³-hybridized carbons (Fsp3) is 0. The molecule has 44 valence electrons. The zero-order valence-electron chi connectivity index (χ0n) is 3.69. The Morgan fingerprint density at radius 2 is 2.12 bits per heavy atom. The summed E-state index contributed by atoms with van der Waals surface area (Å²) in [4.78, 5) is 0. The largest absolute Gasteiger partial charge is 0.388 e. The molecule has 0 fully saturated rings. The normalized spacial score (nSPS) is 9.75. The van der Waals surface area contributed by atoms with Crippen LogP contribution in [0.2, 0.25) is 10.2 Å². The lowest BCUT2D eigenvalue weighted by atomic mass is 10.7. The summed E-state index contributed by atoms with van der Waals surface area (Å²) in [6.45, 7) is 0. The second-order valence-electron chi connectivity index (χ2n) is 1.15. The van der Waals surface area contributed by atoms with Crippen LogP contribution < -0.4 is 5.73 Å². The van der Waals surface area contributed by atoms with E-state index in [4.69, 9.17) is 28.9 Å². The molecular formula is C3H2Cl2N2S. The Labute approximate surface area is 60.4 Å². The second-order valence-corrected chi connectivity index (χ2v) is 2.69. The molecule has 1 aromatic heterocycles. The molecule has 0 spiro atoms. The maximum absolute atomic E-state index is 5.48. The standard InChI is InChI=1S/C3H2Cl2N2S/c4-1-2(5)7-8-3(1)6/h6H2. The van der Waals surface area contributed by atoms with Crippen molar-refractivity contribution in [2.45, 2.75) is 0 Å². The molecule has 5 heteroatoms. The molecule has 0 aliphatic carbocycles. The van der Waals surface area contributed by atoms with E-state index in [1.807, 2.05) is 0 Å². The van der Waals surface area contributed by atoms with E-state index in [1.165, 1.54) is 0 Å². The molecule has 1 rings (SSSR count). The summed E-state index contributed by atoms with van der Waals surface area (Å²) in [5.74, 6) is 0. The van der Waals surface area contributed by atoms with Crippen LogP contribution in [0, 0.1) is 0 Å². The molecular weight excluding hydrogens is 167 g/mol. The topological polar surface area (TPSA) is 38.9 Å². The predicted molar refractivity (Wildman–Crippen MR) is 36.5 cm³/mol. The first-order valence-electron chi connectivity index (χ1n) is 1.78. The third-order valence-electron chi connectivity index (χ3n) is 0.622. The summed E-state index contributed by atoms with van der Waals surface area (Å²) >= 11 is 12.0. The van der Waals surface area contributed by atoms with Crippen LogP contribution >= 0.6 is 34.7 Å². The van der Waals surface area contributed by atoms with Crippen LogP contribution in [0.25, 0.3) is 0 Å². The van der Waals surface area contributed by atoms with Gasteiger partial charge in [-0.25, -0.2) is 0 Å². The fourth-order valence-corrected chi connectivity index (χ4v) is 1.17. The van der Waals surface area contributed by atoms with Gasteiger partial charge in [0.15, 0.2) is 5.15 Å². The van der Waals surface area contributed by atoms with E-state index in [1.54, 1.807) is 0 Å². The molecule has 1 aromatic rings. The summed E-state index contributed by atoms with van der Waals surface area (Å²) in [5.41, 5.74) is 5.28. The van der Waals surface area contributed by atoms with Gasteiger partial charge < -0.3 is 5.73 Å². The van der Waals surface area contributed by atoms with Crippen molar-refractivity contribution in [1.82, 2.24) is 4.37 Å². The average Bonchev–Trinajstić information content (AvgIpc) is 1.98. The van der Waals surface area contributed by atoms with Gasteiger partial charge in [0.1, 0.15) is 10.0 Å². The molecule has 2 nitrogen and oxygen atoms in total. The molecule has 0 aliphatic heterocycles. The van der Waals surface area contributed by atoms with E-state index in [2.05, 4.69) is 4.37 Å². The SMILES string of the molecule is Nc1snc(Cl)c1Cl. The van der Waals surface area contributed by atoms with Crippen molar-refractivity contribution in [2.24, 2.45) is 0 Å². The Bertz CT molecular complexity index is 178. The highest BCUT2D eigenvalue weighted by atomic mass is 35.5. The third kappa shape index (κ3) is 0.891. The highest BCUT2D eigenvalue weighted by Crippen LogP contribution is 2.29. The van der Waals surface area contributed by atoms with Crippen molar-refractivity contribution in [3.63, 3.8) is 0 Å². The van der Waals surface area contributed by atoms with E-state index < -0.39 is 0 Å². The van der Waals surface area contributed by atoms with E-state index >= 15 is 0 Å². The zero-order chi connectivity index (χ0) is 6.15. The first-order valence-corrected chi connectivity index (χ1v) is 3.31.